The summed E-state index contributed by atoms with van der Waals surface area (Å²) in [6.45, 7) is 4.00. The Bertz CT molecular complexity index is 690. The molecular weight excluding hydrogens is 358 g/mol. The Hall–Kier alpha value is -1.56. The van der Waals surface area contributed by atoms with Crippen LogP contribution in [0.4, 0.5) is 11.4 Å². The minimum absolute atomic E-state index is 0.970. The summed E-state index contributed by atoms with van der Waals surface area (Å²) in [6.07, 6.45) is 0. The number of nitrogens with zero attached hydrogens (tertiary/aromatic N) is 2. The third-order valence-electron chi connectivity index (χ3n) is 3.72. The van der Waals surface area contributed by atoms with Crippen molar-refractivity contribution in [2.75, 3.05) is 45.0 Å². The van der Waals surface area contributed by atoms with Gasteiger partial charge in [0.15, 0.2) is 0 Å². The summed E-state index contributed by atoms with van der Waals surface area (Å²) in [7, 11) is 10.1. The molecule has 2 rings (SSSR count). The Morgan fingerprint density at radius 3 is 1.50 bits per heavy atom. The molecule has 0 spiro atoms. The predicted octanol–water partition coefficient (Wildman–Crippen LogP) is 5.47. The van der Waals surface area contributed by atoms with Crippen LogP contribution in [0.5, 0.6) is 0 Å². The van der Waals surface area contributed by atoms with Crippen molar-refractivity contribution < 1.29 is 0 Å². The molecule has 0 unspecified atom stereocenters. The van der Waals surface area contributed by atoms with E-state index < -0.39 is 0 Å². The van der Waals surface area contributed by atoms with Crippen LogP contribution in [-0.2, 0) is 0 Å². The van der Waals surface area contributed by atoms with Crippen molar-refractivity contribution in [1.82, 2.24) is 4.72 Å². The molecule has 2 aromatic rings. The second-order valence-electron chi connectivity index (χ2n) is 5.87. The first-order valence-corrected chi connectivity index (χ1v) is 10.0. The number of thiol groups is 1. The van der Waals surface area contributed by atoms with E-state index in [0.717, 1.165) is 20.9 Å². The first kappa shape index (κ1) is 22.5. The molecule has 0 atom stereocenters. The molecule has 1 N–H and O–H groups in total. The van der Waals surface area contributed by atoms with E-state index in [0.29, 0.717) is 0 Å². The highest BCUT2D eigenvalue weighted by Crippen LogP contribution is 2.36. The molecule has 0 aliphatic carbocycles. The molecule has 0 fully saturated rings. The van der Waals surface area contributed by atoms with Gasteiger partial charge in [-0.15, -0.1) is 12.6 Å². The van der Waals surface area contributed by atoms with Gasteiger partial charge in [-0.1, -0.05) is 38.1 Å². The third-order valence-corrected chi connectivity index (χ3v) is 5.20. The molecule has 0 heterocycles. The molecular formula is C21H31N3S2. The largest absolute Gasteiger partial charge is 0.378 e. The number of anilines is 2. The summed E-state index contributed by atoms with van der Waals surface area (Å²) in [5.41, 5.74) is 4.63. The minimum Gasteiger partial charge on any atom is -0.378 e. The topological polar surface area (TPSA) is 18.5 Å². The summed E-state index contributed by atoms with van der Waals surface area (Å²) in [4.78, 5) is 6.27. The Morgan fingerprint density at radius 2 is 1.15 bits per heavy atom. The number of hydrogen-bond acceptors (Lipinski definition) is 5. The van der Waals surface area contributed by atoms with E-state index in [1.807, 2.05) is 49.1 Å². The Balaban J connectivity index is 0.00000163. The van der Waals surface area contributed by atoms with Gasteiger partial charge in [0.2, 0.25) is 0 Å². The molecule has 5 heteroatoms. The van der Waals surface area contributed by atoms with Crippen molar-refractivity contribution in [3.8, 4) is 0 Å². The van der Waals surface area contributed by atoms with Crippen molar-refractivity contribution in [2.24, 2.45) is 0 Å². The molecule has 2 aromatic carbocycles. The van der Waals surface area contributed by atoms with E-state index >= 15 is 0 Å². The van der Waals surface area contributed by atoms with Crippen molar-refractivity contribution in [1.29, 1.82) is 0 Å². The van der Waals surface area contributed by atoms with E-state index in [1.165, 1.54) is 11.4 Å². The maximum absolute atomic E-state index is 4.81. The smallest absolute Gasteiger partial charge is 0.0439 e. The van der Waals surface area contributed by atoms with Gasteiger partial charge in [-0.25, -0.2) is 0 Å². The number of hydrogen-bond donors (Lipinski definition) is 2. The lowest BCUT2D eigenvalue weighted by Gasteiger charge is -2.16. The zero-order valence-corrected chi connectivity index (χ0v) is 18.6. The molecule has 0 radical (unpaired) electrons. The lowest BCUT2D eigenvalue weighted by atomic mass is 10.1. The van der Waals surface area contributed by atoms with Gasteiger partial charge in [-0.2, -0.15) is 0 Å². The maximum Gasteiger partial charge on any atom is 0.0439 e. The number of rotatable bonds is 6. The fraction of sp³-hybridized carbons (Fsp3) is 0.333. The van der Waals surface area contributed by atoms with Crippen molar-refractivity contribution >= 4 is 45.8 Å². The Morgan fingerprint density at radius 1 is 0.769 bits per heavy atom. The summed E-state index contributed by atoms with van der Waals surface area (Å²) in [5.74, 6) is 0. The average Bonchev–Trinajstić information content (AvgIpc) is 2.67. The van der Waals surface area contributed by atoms with Gasteiger partial charge in [-0.05, 0) is 54.4 Å². The summed E-state index contributed by atoms with van der Waals surface area (Å²) in [5, 5.41) is 0. The van der Waals surface area contributed by atoms with Crippen LogP contribution >= 0.6 is 24.6 Å². The average molecular weight is 390 g/mol. The molecule has 0 bridgehead atoms. The van der Waals surface area contributed by atoms with Gasteiger partial charge in [0.1, 0.15) is 0 Å². The summed E-state index contributed by atoms with van der Waals surface area (Å²) in [6, 6.07) is 17.0. The third kappa shape index (κ3) is 6.01. The fourth-order valence-electron chi connectivity index (χ4n) is 2.31. The van der Waals surface area contributed by atoms with Gasteiger partial charge >= 0.3 is 0 Å². The monoisotopic (exact) mass is 389 g/mol. The molecule has 142 valence electrons. The summed E-state index contributed by atoms with van der Waals surface area (Å²) < 4.78 is 3.18. The van der Waals surface area contributed by atoms with Gasteiger partial charge in [0.05, 0.1) is 0 Å². The van der Waals surface area contributed by atoms with Crippen molar-refractivity contribution in [3.05, 3.63) is 59.7 Å². The second kappa shape index (κ2) is 11.2. The lowest BCUT2D eigenvalue weighted by Crippen LogP contribution is -2.08. The van der Waals surface area contributed by atoms with E-state index in [9.17, 15) is 0 Å². The van der Waals surface area contributed by atoms with Crippen LogP contribution in [0.1, 0.15) is 25.0 Å². The predicted molar refractivity (Wildman–Crippen MR) is 125 cm³/mol. The van der Waals surface area contributed by atoms with E-state index in [4.69, 9.17) is 12.6 Å². The van der Waals surface area contributed by atoms with Crippen LogP contribution in [0.3, 0.4) is 0 Å². The van der Waals surface area contributed by atoms with Crippen molar-refractivity contribution in [2.45, 2.75) is 13.8 Å². The number of nitrogens with one attached hydrogen (secondary N) is 1. The van der Waals surface area contributed by atoms with Gasteiger partial charge in [0.25, 0.3) is 0 Å². The minimum atomic E-state index is 0.970. The highest BCUT2D eigenvalue weighted by Gasteiger charge is 2.10. The zero-order chi connectivity index (χ0) is 19.7. The van der Waals surface area contributed by atoms with E-state index in [1.54, 1.807) is 11.9 Å². The van der Waals surface area contributed by atoms with Crippen LogP contribution < -0.4 is 14.5 Å². The van der Waals surface area contributed by atoms with Gasteiger partial charge < -0.3 is 9.80 Å². The lowest BCUT2D eigenvalue weighted by molar-refractivity contribution is 1.13. The van der Waals surface area contributed by atoms with Gasteiger partial charge in [0, 0.05) is 49.4 Å². The first-order chi connectivity index (χ1) is 12.4. The molecule has 3 nitrogen and oxygen atoms in total. The quantitative estimate of drug-likeness (QED) is 0.388. The van der Waals surface area contributed by atoms with Crippen LogP contribution in [0.25, 0.3) is 9.81 Å². The molecule has 26 heavy (non-hydrogen) atoms. The van der Waals surface area contributed by atoms with Crippen LogP contribution in [0, 0.1) is 0 Å². The zero-order valence-electron chi connectivity index (χ0n) is 16.9. The molecule has 0 aliphatic rings. The fourth-order valence-corrected chi connectivity index (χ4v) is 3.39. The van der Waals surface area contributed by atoms with Crippen molar-refractivity contribution in [3.63, 3.8) is 0 Å². The summed E-state index contributed by atoms with van der Waals surface area (Å²) >= 11 is 6.39. The Labute approximate surface area is 169 Å². The number of benzene rings is 2. The molecule has 0 saturated heterocycles. The molecule has 0 aliphatic heterocycles. The highest BCUT2D eigenvalue weighted by atomic mass is 32.2. The van der Waals surface area contributed by atoms with Crippen LogP contribution in [-0.4, -0.2) is 35.2 Å². The van der Waals surface area contributed by atoms with Crippen LogP contribution in [0.2, 0.25) is 0 Å². The standard InChI is InChI=1S/C19H25N3S2.C2H6/c1-20-24-19(15-8-12-17(13-9-15)22(4)5)18(23)14-6-10-16(11-7-14)21(2)3;1-2/h6-13,20,23H,1-5H3;1-2H3/b19-18-;. The maximum atomic E-state index is 4.81. The normalized spacial score (nSPS) is 11.2. The molecule has 0 saturated carbocycles. The molecule has 0 aromatic heterocycles. The highest BCUT2D eigenvalue weighted by molar-refractivity contribution is 8.08. The SMILES string of the molecule is CC.CNS/C(=C(\S)c1ccc(N(C)C)cc1)c1ccc(N(C)C)cc1. The molecule has 0 amide bonds. The van der Waals surface area contributed by atoms with E-state index in [-0.39, 0.29) is 0 Å². The Kier molecular flexibility index (Phi) is 9.70. The van der Waals surface area contributed by atoms with E-state index in [2.05, 4.69) is 63.1 Å². The van der Waals surface area contributed by atoms with Gasteiger partial charge in [-0.3, -0.25) is 4.72 Å². The second-order valence-corrected chi connectivity index (χ2v) is 7.33. The van der Waals surface area contributed by atoms with Crippen LogP contribution in [0.15, 0.2) is 48.5 Å². The first-order valence-electron chi connectivity index (χ1n) is 8.76.